The van der Waals surface area contributed by atoms with Gasteiger partial charge in [-0.15, -0.1) is 11.8 Å². The van der Waals surface area contributed by atoms with Gasteiger partial charge in [0.2, 0.25) is 6.71 Å². The zero-order valence-electron chi connectivity index (χ0n) is 54.1. The average Bonchev–Trinajstić information content (AvgIpc) is 0.690. The van der Waals surface area contributed by atoms with Gasteiger partial charge >= 0.3 is 0 Å². The van der Waals surface area contributed by atoms with E-state index in [1.54, 1.807) is 16.6 Å². The molecule has 17 rings (SSSR count). The Morgan fingerprint density at radius 1 is 0.565 bits per heavy atom. The zero-order valence-corrected chi connectivity index (χ0v) is 55.7. The van der Waals surface area contributed by atoms with E-state index in [2.05, 4.69) is 308 Å². The van der Waals surface area contributed by atoms with Crippen LogP contribution in [0.25, 0.3) is 22.3 Å². The van der Waals surface area contributed by atoms with Gasteiger partial charge in [0.1, 0.15) is 0 Å². The topological polar surface area (TPSA) is 13.0 Å². The lowest BCUT2D eigenvalue weighted by atomic mass is 9.23. The Hall–Kier alpha value is -7.25. The van der Waals surface area contributed by atoms with E-state index in [0.29, 0.717) is 52.8 Å². The molecule has 10 atom stereocenters. The van der Waals surface area contributed by atoms with Crippen LogP contribution < -0.4 is 25.6 Å². The van der Waals surface area contributed by atoms with Crippen molar-refractivity contribution in [2.24, 2.45) is 0 Å². The van der Waals surface area contributed by atoms with E-state index in [0.717, 1.165) is 38.5 Å². The normalized spacial score (nSPS) is 26.8. The predicted octanol–water partition coefficient (Wildman–Crippen LogP) is 19.9. The lowest BCUT2D eigenvalue weighted by Gasteiger charge is -2.63. The number of thioether (sulfide) groups is 2. The molecule has 6 aliphatic carbocycles. The van der Waals surface area contributed by atoms with Crippen LogP contribution in [0.1, 0.15) is 121 Å². The van der Waals surface area contributed by atoms with E-state index in [-0.39, 0.29) is 35.9 Å². The number of fused-ring (bicyclic) bond motifs is 8. The Bertz CT molecular complexity index is 4050. The third-order valence-corrected chi connectivity index (χ3v) is 26.1. The van der Waals surface area contributed by atoms with Crippen LogP contribution in [-0.2, 0) is 0 Å². The molecule has 4 heterocycles. The fourth-order valence-corrected chi connectivity index (χ4v) is 22.6. The molecule has 4 nitrogen and oxygen atoms in total. The molecule has 0 spiro atoms. The lowest BCUT2D eigenvalue weighted by Crippen LogP contribution is -2.69. The Morgan fingerprint density at radius 3 is 1.92 bits per heavy atom. The molecule has 2 saturated carbocycles. The number of nitrogens with zero attached hydrogens (tertiary/aromatic N) is 4. The van der Waals surface area contributed by atoms with Crippen molar-refractivity contribution in [3.8, 4) is 22.3 Å². The molecule has 2 saturated heterocycles. The maximum atomic E-state index is 3.09. The molecule has 0 bridgehead atoms. The molecule has 8 heteroatoms. The van der Waals surface area contributed by atoms with Crippen LogP contribution >= 0.6 is 23.5 Å². The van der Waals surface area contributed by atoms with Gasteiger partial charge in [-0.3, -0.25) is 0 Å². The first-order valence-corrected chi connectivity index (χ1v) is 37.1. The summed E-state index contributed by atoms with van der Waals surface area (Å²) in [5.41, 5.74) is 22.6. The molecule has 0 aromatic heterocycles. The summed E-state index contributed by atoms with van der Waals surface area (Å²) in [6.45, 7) is 9.92. The number of rotatable bonds is 12. The second-order valence-electron chi connectivity index (χ2n) is 28.8. The van der Waals surface area contributed by atoms with Crippen molar-refractivity contribution >= 4 is 70.6 Å². The number of anilines is 4. The number of hydrogen-bond donors (Lipinski definition) is 0. The molecule has 0 radical (unpaired) electrons. The van der Waals surface area contributed by atoms with Gasteiger partial charge in [-0.1, -0.05) is 251 Å². The van der Waals surface area contributed by atoms with Crippen molar-refractivity contribution in [3.63, 3.8) is 0 Å². The number of allylic oxidation sites excluding steroid dienone is 9. The molecule has 460 valence electrons. The highest BCUT2D eigenvalue weighted by atomic mass is 32.2. The van der Waals surface area contributed by atoms with Crippen LogP contribution in [0.15, 0.2) is 264 Å². The molecule has 4 fully saturated rings. The van der Waals surface area contributed by atoms with E-state index in [4.69, 9.17) is 0 Å². The lowest BCUT2D eigenvalue weighted by molar-refractivity contribution is 0.100. The van der Waals surface area contributed by atoms with Crippen molar-refractivity contribution in [2.75, 3.05) is 14.7 Å². The molecule has 10 unspecified atom stereocenters. The largest absolute Gasteiger partial charge is 0.369 e. The summed E-state index contributed by atoms with van der Waals surface area (Å²) in [6.07, 6.45) is 38.3. The smallest absolute Gasteiger partial charge is 0.221 e. The highest BCUT2D eigenvalue weighted by Gasteiger charge is 2.62. The third-order valence-electron chi connectivity index (χ3n) is 23.1. The van der Waals surface area contributed by atoms with Crippen LogP contribution in [0.5, 0.6) is 0 Å². The van der Waals surface area contributed by atoms with Gasteiger partial charge in [-0.05, 0) is 151 Å². The number of benzene rings is 7. The predicted molar refractivity (Wildman–Crippen MR) is 397 cm³/mol. The standard InChI is InChI=1S/C84H86B2N4S2/c1-55(2)57-41-45-59(46-42-57)68-35-24-36-69(60-47-43-58(44-48-60)56(3)4)84(68)90-75-54-79-73(86-71-38-21-23-40-78(71)91-80-51-67(52-81(92-79)83(80)86)88(63-29-14-7-15-30-63)64-31-16-8-17-32-64)53-72(75)85-70-37-20-22-39-74(70)89(65-33-18-9-19-34-65)76-49-66(50-77(90)82(76)85)87(61-25-10-5-11-26-61)62-27-12-6-13-28-62/h5,7-10,14-25,29-31,33-48,51,53-56,62,64,66,73,76-77,79-83H,6,11-13,26-28,32,49-50,52H2,1-4H3. The minimum atomic E-state index is 0.164. The molecular formula is C84H86B2N4S2. The maximum absolute atomic E-state index is 3.09. The summed E-state index contributed by atoms with van der Waals surface area (Å²) >= 11 is 4.50. The van der Waals surface area contributed by atoms with E-state index >= 15 is 0 Å². The Morgan fingerprint density at radius 2 is 1.24 bits per heavy atom. The van der Waals surface area contributed by atoms with Crippen molar-refractivity contribution < 1.29 is 0 Å². The first-order chi connectivity index (χ1) is 45.3. The van der Waals surface area contributed by atoms with Gasteiger partial charge in [-0.2, -0.15) is 11.8 Å². The fraction of sp³-hybridized carbons (Fsp3) is 0.333. The van der Waals surface area contributed by atoms with Crippen molar-refractivity contribution in [1.29, 1.82) is 0 Å². The fourth-order valence-electron chi connectivity index (χ4n) is 19.1. The monoisotopic (exact) mass is 1240 g/mol. The molecule has 0 N–H and O–H groups in total. The van der Waals surface area contributed by atoms with Gasteiger partial charge in [0.25, 0.3) is 0 Å². The molecule has 92 heavy (non-hydrogen) atoms. The minimum Gasteiger partial charge on any atom is -0.369 e. The second kappa shape index (κ2) is 24.6. The van der Waals surface area contributed by atoms with Crippen LogP contribution in [0, 0.1) is 0 Å². The van der Waals surface area contributed by atoms with E-state index in [9.17, 15) is 0 Å². The highest BCUT2D eigenvalue weighted by molar-refractivity contribution is 8.02. The molecule has 7 aromatic rings. The minimum absolute atomic E-state index is 0.164. The molecule has 10 aliphatic rings. The van der Waals surface area contributed by atoms with Crippen molar-refractivity contribution in [2.45, 2.75) is 178 Å². The molecule has 7 aromatic carbocycles. The summed E-state index contributed by atoms with van der Waals surface area (Å²) in [5, 5.41) is 1.05. The van der Waals surface area contributed by atoms with E-state index in [1.165, 1.54) is 110 Å². The van der Waals surface area contributed by atoms with Gasteiger partial charge in [0.15, 0.2) is 6.71 Å². The summed E-state index contributed by atoms with van der Waals surface area (Å²) in [7, 11) is 0. The van der Waals surface area contributed by atoms with Crippen molar-refractivity contribution in [1.82, 2.24) is 4.90 Å². The maximum Gasteiger partial charge on any atom is 0.221 e. The molecular weight excluding hydrogens is 1150 g/mol. The number of para-hydroxylation sites is 4. The van der Waals surface area contributed by atoms with E-state index in [1.807, 2.05) is 0 Å². The van der Waals surface area contributed by atoms with Gasteiger partial charge in [0.05, 0.1) is 11.7 Å². The first-order valence-electron chi connectivity index (χ1n) is 35.2. The van der Waals surface area contributed by atoms with Crippen LogP contribution in [0.4, 0.5) is 22.7 Å². The Balaban J connectivity index is 0.916. The Kier molecular flexibility index (Phi) is 15.6. The molecule has 0 amide bonds. The summed E-state index contributed by atoms with van der Waals surface area (Å²) in [4.78, 5) is 13.3. The summed E-state index contributed by atoms with van der Waals surface area (Å²) < 4.78 is 0. The van der Waals surface area contributed by atoms with Crippen LogP contribution in [0.2, 0.25) is 17.5 Å². The summed E-state index contributed by atoms with van der Waals surface area (Å²) in [6, 6.07) is 70.9. The first kappa shape index (κ1) is 58.6. The van der Waals surface area contributed by atoms with Crippen LogP contribution in [0.3, 0.4) is 0 Å². The van der Waals surface area contributed by atoms with Gasteiger partial charge in [0, 0.05) is 90.1 Å². The number of hydrogen-bond acceptors (Lipinski definition) is 6. The SMILES string of the molecule is CC(C)c1ccc(-c2cccc(-c3ccc(C(C)C)cc3)c2N2C3=CC4SC5CC(N(c6ccccc6)C6C=CC=CC6)=CC6Sc7ccccc7B(C4C=C3B3c4ccccc4N(c4ccccc4)C4CC(N(C7=CC=CCC7)C7CCCCC7)CC2C34)C65)cc1. The Labute approximate surface area is 557 Å². The quantitative estimate of drug-likeness (QED) is 0.112. The summed E-state index contributed by atoms with van der Waals surface area (Å²) in [5.74, 6) is 1.97. The van der Waals surface area contributed by atoms with Crippen LogP contribution in [-0.4, -0.2) is 64.3 Å². The second-order valence-corrected chi connectivity index (χ2v) is 31.5. The van der Waals surface area contributed by atoms with Crippen molar-refractivity contribution in [3.05, 3.63) is 270 Å². The third kappa shape index (κ3) is 10.2. The molecule has 4 aliphatic heterocycles. The van der Waals surface area contributed by atoms with Gasteiger partial charge in [-0.25, -0.2) is 0 Å². The highest BCUT2D eigenvalue weighted by Crippen LogP contribution is 2.63. The van der Waals surface area contributed by atoms with E-state index < -0.39 is 0 Å². The van der Waals surface area contributed by atoms with Gasteiger partial charge < -0.3 is 19.6 Å². The average molecular weight is 1240 g/mol. The zero-order chi connectivity index (χ0) is 61.6.